The first-order valence-corrected chi connectivity index (χ1v) is 12.6. The van der Waals surface area contributed by atoms with Gasteiger partial charge in [0.1, 0.15) is 25.1 Å². The number of benzene rings is 1. The van der Waals surface area contributed by atoms with E-state index in [2.05, 4.69) is 20.5 Å². The zero-order chi connectivity index (χ0) is 26.4. The molecule has 1 unspecified atom stereocenters. The van der Waals surface area contributed by atoms with Gasteiger partial charge in [0.2, 0.25) is 23.6 Å². The van der Waals surface area contributed by atoms with Gasteiger partial charge in [-0.2, -0.15) is 0 Å². The third kappa shape index (κ3) is 6.44. The highest BCUT2D eigenvalue weighted by Gasteiger charge is 2.22. The molecule has 0 radical (unpaired) electrons. The fourth-order valence-electron chi connectivity index (χ4n) is 4.61. The average molecular weight is 511 g/mol. The molecule has 1 aromatic carbocycles. The number of nitrogens with one attached hydrogen (secondary N) is 1. The summed E-state index contributed by atoms with van der Waals surface area (Å²) in [5, 5.41) is 29.9. The summed E-state index contributed by atoms with van der Waals surface area (Å²) in [6.07, 6.45) is 4.44. The maximum atomic E-state index is 11.2. The van der Waals surface area contributed by atoms with Gasteiger partial charge in [-0.25, -0.2) is 4.98 Å². The van der Waals surface area contributed by atoms with Gasteiger partial charge >= 0.3 is 0 Å². The van der Waals surface area contributed by atoms with E-state index in [4.69, 9.17) is 19.0 Å². The smallest absolute Gasteiger partial charge is 0.248 e. The lowest BCUT2D eigenvalue weighted by Crippen LogP contribution is -2.36. The maximum absolute atomic E-state index is 11.2. The highest BCUT2D eigenvalue weighted by molar-refractivity contribution is 5.76. The van der Waals surface area contributed by atoms with Crippen LogP contribution in [-0.2, 0) is 11.2 Å². The van der Waals surface area contributed by atoms with Crippen molar-refractivity contribution in [2.75, 3.05) is 26.9 Å². The van der Waals surface area contributed by atoms with Crippen molar-refractivity contribution >= 4 is 5.91 Å². The van der Waals surface area contributed by atoms with E-state index in [9.17, 15) is 9.90 Å². The van der Waals surface area contributed by atoms with E-state index < -0.39 is 18.6 Å². The lowest BCUT2D eigenvalue weighted by atomic mass is 10.0. The third-order valence-electron chi connectivity index (χ3n) is 6.55. The van der Waals surface area contributed by atoms with E-state index in [1.165, 1.54) is 12.8 Å². The van der Waals surface area contributed by atoms with Crippen molar-refractivity contribution in [3.8, 4) is 34.5 Å². The first kappa shape index (κ1) is 26.6. The second-order valence-corrected chi connectivity index (χ2v) is 9.28. The van der Waals surface area contributed by atoms with Crippen molar-refractivity contribution in [1.29, 1.82) is 0 Å². The fraction of sp³-hybridized carbons (Fsp3) is 0.481. The van der Waals surface area contributed by atoms with Gasteiger partial charge in [-0.3, -0.25) is 4.79 Å². The van der Waals surface area contributed by atoms with Crippen molar-refractivity contribution in [2.45, 2.75) is 58.0 Å². The molecule has 2 aromatic heterocycles. The average Bonchev–Trinajstić information content (AvgIpc) is 3.63. The largest absolute Gasteiger partial charge is 0.490 e. The van der Waals surface area contributed by atoms with Gasteiger partial charge in [0, 0.05) is 35.3 Å². The number of nitrogens with zero attached hydrogens (tertiary/aromatic N) is 3. The molecule has 1 amide bonds. The van der Waals surface area contributed by atoms with Gasteiger partial charge in [-0.15, -0.1) is 10.2 Å². The number of aryl methyl sites for hydroxylation is 2. The topological polar surface area (TPSA) is 140 Å². The molecule has 37 heavy (non-hydrogen) atoms. The number of methoxy groups -OCH3 is 1. The molecule has 1 aliphatic rings. The molecule has 3 N–H and O–H groups in total. The quantitative estimate of drug-likeness (QED) is 0.355. The van der Waals surface area contributed by atoms with E-state index in [-0.39, 0.29) is 13.2 Å². The Balaban J connectivity index is 1.53. The van der Waals surface area contributed by atoms with Crippen LogP contribution >= 0.6 is 0 Å². The molecular weight excluding hydrogens is 476 g/mol. The molecule has 1 atom stereocenters. The molecule has 1 saturated carbocycles. The molecule has 10 heteroatoms. The van der Waals surface area contributed by atoms with Crippen molar-refractivity contribution in [1.82, 2.24) is 20.5 Å². The Bertz CT molecular complexity index is 1220. The summed E-state index contributed by atoms with van der Waals surface area (Å²) >= 11 is 0. The number of hydrogen-bond acceptors (Lipinski definition) is 9. The van der Waals surface area contributed by atoms with Crippen molar-refractivity contribution < 1.29 is 28.9 Å². The van der Waals surface area contributed by atoms with Crippen LogP contribution in [0.2, 0.25) is 0 Å². The summed E-state index contributed by atoms with van der Waals surface area (Å²) in [6.45, 7) is 3.29. The van der Waals surface area contributed by atoms with Gasteiger partial charge in [0.15, 0.2) is 0 Å². The van der Waals surface area contributed by atoms with Gasteiger partial charge in [0.25, 0.3) is 0 Å². The molecule has 0 aliphatic heterocycles. The standard InChI is InChI=1S/C27H34N4O6/c1-4-17-10-19(9-16(2)25(17)36-15-21(33)13-28-23(34)14-32)26-30-31-27(37-26)20-11-22(18-7-5-6-8-18)29-24(12-20)35-3/h9-12,18,21,32-33H,4-8,13-15H2,1-3H3,(H,28,34). The number of ether oxygens (including phenoxy) is 2. The second-order valence-electron chi connectivity index (χ2n) is 9.28. The highest BCUT2D eigenvalue weighted by Crippen LogP contribution is 2.37. The predicted octanol–water partition coefficient (Wildman–Crippen LogP) is 3.18. The summed E-state index contributed by atoms with van der Waals surface area (Å²) in [7, 11) is 1.60. The Labute approximate surface area is 216 Å². The Hall–Kier alpha value is -3.50. The van der Waals surface area contributed by atoms with E-state index >= 15 is 0 Å². The molecule has 10 nitrogen and oxygen atoms in total. The Morgan fingerprint density at radius 1 is 1.16 bits per heavy atom. The molecule has 4 rings (SSSR count). The zero-order valence-corrected chi connectivity index (χ0v) is 21.5. The van der Waals surface area contributed by atoms with Crippen molar-refractivity contribution in [3.05, 3.63) is 41.1 Å². The maximum Gasteiger partial charge on any atom is 0.248 e. The van der Waals surface area contributed by atoms with E-state index in [0.717, 1.165) is 40.8 Å². The van der Waals surface area contributed by atoms with Crippen LogP contribution in [0.25, 0.3) is 22.9 Å². The van der Waals surface area contributed by atoms with Gasteiger partial charge in [-0.1, -0.05) is 19.8 Å². The van der Waals surface area contributed by atoms with Crippen LogP contribution in [0.5, 0.6) is 11.6 Å². The summed E-state index contributed by atoms with van der Waals surface area (Å²) in [6, 6.07) is 7.67. The normalized spacial score (nSPS) is 14.5. The fourth-order valence-corrected chi connectivity index (χ4v) is 4.61. The molecular formula is C27H34N4O6. The molecule has 1 fully saturated rings. The number of amides is 1. The van der Waals surface area contributed by atoms with Crippen LogP contribution in [0.3, 0.4) is 0 Å². The minimum atomic E-state index is -0.913. The Morgan fingerprint density at radius 3 is 2.51 bits per heavy atom. The van der Waals surface area contributed by atoms with Gasteiger partial charge in [0.05, 0.1) is 7.11 Å². The zero-order valence-electron chi connectivity index (χ0n) is 21.5. The van der Waals surface area contributed by atoms with Crippen LogP contribution in [-0.4, -0.2) is 64.3 Å². The van der Waals surface area contributed by atoms with Crippen LogP contribution in [0.15, 0.2) is 28.7 Å². The highest BCUT2D eigenvalue weighted by atomic mass is 16.5. The lowest BCUT2D eigenvalue weighted by Gasteiger charge is -2.17. The molecule has 0 bridgehead atoms. The number of aliphatic hydroxyl groups excluding tert-OH is 2. The predicted molar refractivity (Wildman–Crippen MR) is 136 cm³/mol. The number of carbonyl (C=O) groups excluding carboxylic acids is 1. The first-order valence-electron chi connectivity index (χ1n) is 12.6. The number of aromatic nitrogens is 3. The monoisotopic (exact) mass is 510 g/mol. The minimum Gasteiger partial charge on any atom is -0.490 e. The molecule has 0 spiro atoms. The van der Waals surface area contributed by atoms with Crippen molar-refractivity contribution in [3.63, 3.8) is 0 Å². The van der Waals surface area contributed by atoms with Gasteiger partial charge < -0.3 is 29.4 Å². The Morgan fingerprint density at radius 2 is 1.86 bits per heavy atom. The number of pyridine rings is 1. The van der Waals surface area contributed by atoms with Crippen molar-refractivity contribution in [2.24, 2.45) is 0 Å². The molecule has 0 saturated heterocycles. The Kier molecular flexibility index (Phi) is 8.73. The number of carbonyl (C=O) groups is 1. The summed E-state index contributed by atoms with van der Waals surface area (Å²) in [5.74, 6) is 1.86. The summed E-state index contributed by atoms with van der Waals surface area (Å²) in [5.41, 5.74) is 4.33. The number of aliphatic hydroxyl groups is 2. The van der Waals surface area contributed by atoms with E-state index in [1.54, 1.807) is 7.11 Å². The summed E-state index contributed by atoms with van der Waals surface area (Å²) in [4.78, 5) is 15.8. The van der Waals surface area contributed by atoms with Crippen LogP contribution < -0.4 is 14.8 Å². The second kappa shape index (κ2) is 12.2. The van der Waals surface area contributed by atoms with Crippen LogP contribution in [0, 0.1) is 6.92 Å². The van der Waals surface area contributed by atoms with E-state index in [1.807, 2.05) is 38.1 Å². The summed E-state index contributed by atoms with van der Waals surface area (Å²) < 4.78 is 17.4. The van der Waals surface area contributed by atoms with Gasteiger partial charge in [-0.05, 0) is 55.5 Å². The van der Waals surface area contributed by atoms with E-state index in [0.29, 0.717) is 35.7 Å². The van der Waals surface area contributed by atoms with Crippen LogP contribution in [0.1, 0.15) is 55.3 Å². The molecule has 2 heterocycles. The molecule has 198 valence electrons. The number of rotatable bonds is 11. The SMILES string of the molecule is CCc1cc(-c2nnc(-c3cc(OC)nc(C4CCCC4)c3)o2)cc(C)c1OCC(O)CNC(=O)CO. The van der Waals surface area contributed by atoms with Crippen LogP contribution in [0.4, 0.5) is 0 Å². The lowest BCUT2D eigenvalue weighted by molar-refractivity contribution is -0.124. The first-order chi connectivity index (χ1) is 17.9. The third-order valence-corrected chi connectivity index (χ3v) is 6.55. The molecule has 3 aromatic rings. The molecule has 1 aliphatic carbocycles. The number of hydrogen-bond donors (Lipinski definition) is 3. The minimum absolute atomic E-state index is 0.00317.